The maximum atomic E-state index is 9.99. The fourth-order valence-electron chi connectivity index (χ4n) is 0.693. The third kappa shape index (κ3) is 5.56. The number of rotatable bonds is 5. The van der Waals surface area contributed by atoms with E-state index in [9.17, 15) is 4.79 Å². The van der Waals surface area contributed by atoms with Crippen molar-refractivity contribution in [2.75, 3.05) is 0 Å². The second kappa shape index (κ2) is 5.23. The molecule has 0 fully saturated rings. The van der Waals surface area contributed by atoms with Crippen molar-refractivity contribution in [2.24, 2.45) is 0 Å². The first-order chi connectivity index (χ1) is 4.66. The highest BCUT2D eigenvalue weighted by Crippen LogP contribution is 2.03. The summed E-state index contributed by atoms with van der Waals surface area (Å²) in [6, 6.07) is 0. The first kappa shape index (κ1) is 9.43. The van der Waals surface area contributed by atoms with E-state index >= 15 is 0 Å². The van der Waals surface area contributed by atoms with Gasteiger partial charge >= 0.3 is 5.97 Å². The molecular weight excluding hydrogens is 132 g/mol. The molecule has 0 saturated heterocycles. The summed E-state index contributed by atoms with van der Waals surface area (Å²) < 4.78 is 0. The molecule has 0 aliphatic heterocycles. The lowest BCUT2D eigenvalue weighted by molar-refractivity contribution is -0.137. The van der Waals surface area contributed by atoms with Crippen LogP contribution < -0.4 is 0 Å². The van der Waals surface area contributed by atoms with Gasteiger partial charge in [-0.1, -0.05) is 6.92 Å². The van der Waals surface area contributed by atoms with Gasteiger partial charge in [0.15, 0.2) is 0 Å². The number of hydrogen-bond donors (Lipinski definition) is 2. The smallest absolute Gasteiger partial charge is 0.303 e. The lowest BCUT2D eigenvalue weighted by Crippen LogP contribution is -2.05. The van der Waals surface area contributed by atoms with Crippen molar-refractivity contribution in [1.82, 2.24) is 0 Å². The minimum Gasteiger partial charge on any atom is -0.481 e. The monoisotopic (exact) mass is 146 g/mol. The molecule has 0 amide bonds. The summed E-state index contributed by atoms with van der Waals surface area (Å²) in [4.78, 5) is 9.99. The van der Waals surface area contributed by atoms with Crippen LogP contribution in [0.5, 0.6) is 0 Å². The van der Waals surface area contributed by atoms with Crippen molar-refractivity contribution < 1.29 is 15.0 Å². The number of aliphatic hydroxyl groups is 1. The van der Waals surface area contributed by atoms with Gasteiger partial charge in [0.2, 0.25) is 0 Å². The third-order valence-corrected chi connectivity index (χ3v) is 1.40. The third-order valence-electron chi connectivity index (χ3n) is 1.40. The number of carboxylic acid groups (broad SMARTS) is 1. The molecule has 0 saturated carbocycles. The molecule has 2 N–H and O–H groups in total. The molecule has 3 nitrogen and oxygen atoms in total. The van der Waals surface area contributed by atoms with Gasteiger partial charge in [0.25, 0.3) is 0 Å². The number of aliphatic carboxylic acids is 1. The molecule has 0 unspecified atom stereocenters. The first-order valence-corrected chi connectivity index (χ1v) is 3.56. The highest BCUT2D eigenvalue weighted by Gasteiger charge is 2.01. The Labute approximate surface area is 60.7 Å². The Bertz CT molecular complexity index is 101. The highest BCUT2D eigenvalue weighted by molar-refractivity contribution is 5.66. The standard InChI is InChI=1S/C7H14O3/c1-2-6(8)4-3-5-7(9)10/h6,8H,2-5H2,1H3,(H,9,10)/t6-/m0/s1. The van der Waals surface area contributed by atoms with E-state index in [1.54, 1.807) is 0 Å². The van der Waals surface area contributed by atoms with Gasteiger partial charge in [-0.3, -0.25) is 4.79 Å². The zero-order valence-corrected chi connectivity index (χ0v) is 6.21. The van der Waals surface area contributed by atoms with Gasteiger partial charge in [0, 0.05) is 6.42 Å². The Balaban J connectivity index is 3.11. The zero-order chi connectivity index (χ0) is 7.98. The number of hydrogen-bond acceptors (Lipinski definition) is 2. The lowest BCUT2D eigenvalue weighted by atomic mass is 10.1. The van der Waals surface area contributed by atoms with Crippen LogP contribution in [0, 0.1) is 0 Å². The van der Waals surface area contributed by atoms with Crippen molar-refractivity contribution in [2.45, 2.75) is 38.7 Å². The molecule has 0 radical (unpaired) electrons. The average Bonchev–Trinajstić information content (AvgIpc) is 1.87. The largest absolute Gasteiger partial charge is 0.481 e. The van der Waals surface area contributed by atoms with Crippen molar-refractivity contribution in [1.29, 1.82) is 0 Å². The normalized spacial score (nSPS) is 13.0. The summed E-state index contributed by atoms with van der Waals surface area (Å²) in [6.07, 6.45) is 1.73. The molecule has 0 spiro atoms. The van der Waals surface area contributed by atoms with Gasteiger partial charge in [0.1, 0.15) is 0 Å². The van der Waals surface area contributed by atoms with Gasteiger partial charge in [-0.25, -0.2) is 0 Å². The predicted molar refractivity (Wildman–Crippen MR) is 37.8 cm³/mol. The summed E-state index contributed by atoms with van der Waals surface area (Å²) >= 11 is 0. The molecule has 60 valence electrons. The highest BCUT2D eigenvalue weighted by atomic mass is 16.4. The zero-order valence-electron chi connectivity index (χ0n) is 6.21. The van der Waals surface area contributed by atoms with Crippen molar-refractivity contribution >= 4 is 5.97 Å². The second-order valence-corrected chi connectivity index (χ2v) is 2.35. The van der Waals surface area contributed by atoms with Crippen molar-refractivity contribution in [3.63, 3.8) is 0 Å². The van der Waals surface area contributed by atoms with E-state index in [0.29, 0.717) is 19.3 Å². The SMILES string of the molecule is CC[C@H](O)CCCC(=O)O. The van der Waals surface area contributed by atoms with Crippen LogP contribution in [-0.2, 0) is 4.79 Å². The summed E-state index contributed by atoms with van der Waals surface area (Å²) in [5, 5.41) is 17.2. The Morgan fingerprint density at radius 3 is 2.60 bits per heavy atom. The van der Waals surface area contributed by atoms with Gasteiger partial charge in [0.05, 0.1) is 6.10 Å². The molecule has 0 rings (SSSR count). The van der Waals surface area contributed by atoms with Crippen molar-refractivity contribution in [3.05, 3.63) is 0 Å². The van der Waals surface area contributed by atoms with Gasteiger partial charge in [-0.05, 0) is 19.3 Å². The quantitative estimate of drug-likeness (QED) is 0.608. The van der Waals surface area contributed by atoms with Gasteiger partial charge < -0.3 is 10.2 Å². The predicted octanol–water partition coefficient (Wildman–Crippen LogP) is 1.01. The van der Waals surface area contributed by atoms with Crippen LogP contribution in [0.3, 0.4) is 0 Å². The maximum Gasteiger partial charge on any atom is 0.303 e. The van der Waals surface area contributed by atoms with Crippen LogP contribution in [0.4, 0.5) is 0 Å². The van der Waals surface area contributed by atoms with Crippen LogP contribution in [-0.4, -0.2) is 22.3 Å². The Morgan fingerprint density at radius 1 is 1.60 bits per heavy atom. The van der Waals surface area contributed by atoms with Crippen molar-refractivity contribution in [3.8, 4) is 0 Å². The Morgan fingerprint density at radius 2 is 2.20 bits per heavy atom. The molecule has 0 aromatic heterocycles. The van der Waals surface area contributed by atoms with E-state index in [1.165, 1.54) is 0 Å². The fourth-order valence-corrected chi connectivity index (χ4v) is 0.693. The first-order valence-electron chi connectivity index (χ1n) is 3.56. The van der Waals surface area contributed by atoms with Crippen LogP contribution in [0.1, 0.15) is 32.6 Å². The topological polar surface area (TPSA) is 57.5 Å². The van der Waals surface area contributed by atoms with Gasteiger partial charge in [-0.2, -0.15) is 0 Å². The van der Waals surface area contributed by atoms with Gasteiger partial charge in [-0.15, -0.1) is 0 Å². The Hall–Kier alpha value is -0.570. The number of carbonyl (C=O) groups is 1. The minimum atomic E-state index is -0.789. The van der Waals surface area contributed by atoms with Crippen LogP contribution in [0.15, 0.2) is 0 Å². The molecule has 0 aromatic carbocycles. The molecule has 3 heteroatoms. The van der Waals surface area contributed by atoms with Crippen LogP contribution >= 0.6 is 0 Å². The Kier molecular flexibility index (Phi) is 4.94. The van der Waals surface area contributed by atoms with E-state index in [0.717, 1.165) is 0 Å². The molecule has 0 aromatic rings. The summed E-state index contributed by atoms with van der Waals surface area (Å²) in [6.45, 7) is 1.88. The van der Waals surface area contributed by atoms with E-state index in [-0.39, 0.29) is 12.5 Å². The minimum absolute atomic E-state index is 0.164. The molecule has 1 atom stereocenters. The molecule has 0 aliphatic rings. The van der Waals surface area contributed by atoms with E-state index in [2.05, 4.69) is 0 Å². The molecular formula is C7H14O3. The van der Waals surface area contributed by atoms with Crippen LogP contribution in [0.2, 0.25) is 0 Å². The second-order valence-electron chi connectivity index (χ2n) is 2.35. The molecule has 10 heavy (non-hydrogen) atoms. The number of aliphatic hydroxyl groups excluding tert-OH is 1. The summed E-state index contributed by atoms with van der Waals surface area (Å²) in [5.74, 6) is -0.789. The molecule has 0 bridgehead atoms. The number of carboxylic acids is 1. The molecule has 0 heterocycles. The lowest BCUT2D eigenvalue weighted by Gasteiger charge is -2.04. The summed E-state index contributed by atoms with van der Waals surface area (Å²) in [7, 11) is 0. The average molecular weight is 146 g/mol. The van der Waals surface area contributed by atoms with Crippen LogP contribution in [0.25, 0.3) is 0 Å². The maximum absolute atomic E-state index is 9.99. The summed E-state index contributed by atoms with van der Waals surface area (Å²) in [5.41, 5.74) is 0. The van der Waals surface area contributed by atoms with E-state index in [4.69, 9.17) is 10.2 Å². The van der Waals surface area contributed by atoms with E-state index < -0.39 is 5.97 Å². The van der Waals surface area contributed by atoms with E-state index in [1.807, 2.05) is 6.92 Å². The molecule has 0 aliphatic carbocycles. The fraction of sp³-hybridized carbons (Fsp3) is 0.857.